The van der Waals surface area contributed by atoms with Gasteiger partial charge in [-0.15, -0.1) is 0 Å². The predicted molar refractivity (Wildman–Crippen MR) is 94.8 cm³/mol. The zero-order chi connectivity index (χ0) is 17.2. The van der Waals surface area contributed by atoms with Gasteiger partial charge in [0.1, 0.15) is 11.5 Å². The number of halogens is 1. The van der Waals surface area contributed by atoms with Crippen molar-refractivity contribution in [2.24, 2.45) is 0 Å². The van der Waals surface area contributed by atoms with Gasteiger partial charge in [-0.3, -0.25) is 0 Å². The maximum absolute atomic E-state index is 11.7. The van der Waals surface area contributed by atoms with Gasteiger partial charge in [-0.1, -0.05) is 29.8 Å². The molecule has 0 atom stereocenters. The summed E-state index contributed by atoms with van der Waals surface area (Å²) in [5.41, 5.74) is 1.00. The summed E-state index contributed by atoms with van der Waals surface area (Å²) in [5, 5.41) is 6.10. The van der Waals surface area contributed by atoms with Crippen molar-refractivity contribution in [3.63, 3.8) is 0 Å². The quantitative estimate of drug-likeness (QED) is 0.716. The molecule has 2 aromatic carbocycles. The van der Waals surface area contributed by atoms with Crippen LogP contribution in [-0.4, -0.2) is 25.9 Å². The van der Waals surface area contributed by atoms with E-state index in [1.165, 1.54) is 0 Å². The lowest BCUT2D eigenvalue weighted by Crippen LogP contribution is -2.38. The molecule has 0 aliphatic heterocycles. The van der Waals surface area contributed by atoms with Crippen LogP contribution in [0.15, 0.2) is 48.5 Å². The number of rotatable bonds is 8. The average molecular weight is 349 g/mol. The van der Waals surface area contributed by atoms with E-state index < -0.39 is 0 Å². The number of hydrogen-bond acceptors (Lipinski definition) is 3. The van der Waals surface area contributed by atoms with Gasteiger partial charge in [-0.25, -0.2) is 4.79 Å². The van der Waals surface area contributed by atoms with Gasteiger partial charge < -0.3 is 20.1 Å². The monoisotopic (exact) mass is 348 g/mol. The van der Waals surface area contributed by atoms with Crippen LogP contribution in [0.2, 0.25) is 5.02 Å². The Labute approximate surface area is 146 Å². The first-order valence-corrected chi connectivity index (χ1v) is 8.17. The number of ether oxygens (including phenoxy) is 2. The van der Waals surface area contributed by atoms with Crippen LogP contribution < -0.4 is 20.1 Å². The topological polar surface area (TPSA) is 59.6 Å². The first-order chi connectivity index (χ1) is 11.7. The molecule has 0 saturated carbocycles. The highest BCUT2D eigenvalue weighted by Crippen LogP contribution is 2.17. The Kier molecular flexibility index (Phi) is 7.23. The minimum Gasteiger partial charge on any atom is -0.494 e. The van der Waals surface area contributed by atoms with Crippen LogP contribution in [0.3, 0.4) is 0 Å². The number of hydrogen-bond donors (Lipinski definition) is 2. The van der Waals surface area contributed by atoms with E-state index in [1.54, 1.807) is 12.1 Å². The fraction of sp³-hybridized carbons (Fsp3) is 0.278. The van der Waals surface area contributed by atoms with E-state index in [4.69, 9.17) is 21.1 Å². The van der Waals surface area contributed by atoms with E-state index in [0.29, 0.717) is 30.3 Å². The van der Waals surface area contributed by atoms with Crippen LogP contribution in [0, 0.1) is 0 Å². The predicted octanol–water partition coefficient (Wildman–Crippen LogP) is 3.62. The Hall–Kier alpha value is -2.40. The van der Waals surface area contributed by atoms with Crippen molar-refractivity contribution in [3.8, 4) is 11.5 Å². The highest BCUT2D eigenvalue weighted by atomic mass is 35.5. The van der Waals surface area contributed by atoms with Crippen molar-refractivity contribution in [1.82, 2.24) is 10.6 Å². The number of carbonyl (C=O) groups excluding carboxylic acids is 1. The van der Waals surface area contributed by atoms with E-state index in [1.807, 2.05) is 43.3 Å². The molecular weight excluding hydrogens is 328 g/mol. The van der Waals surface area contributed by atoms with Gasteiger partial charge in [-0.05, 0) is 49.2 Å². The number of urea groups is 1. The number of nitrogens with one attached hydrogen (secondary N) is 2. The van der Waals surface area contributed by atoms with Gasteiger partial charge in [-0.2, -0.15) is 0 Å². The number of amides is 2. The summed E-state index contributed by atoms with van der Waals surface area (Å²) in [5.74, 6) is 1.45. The van der Waals surface area contributed by atoms with Gasteiger partial charge >= 0.3 is 6.03 Å². The zero-order valence-corrected chi connectivity index (χ0v) is 14.3. The van der Waals surface area contributed by atoms with Crippen LogP contribution in [-0.2, 0) is 6.42 Å². The standard InChI is InChI=1S/C18H21ClN2O3/c1-2-23-15-7-9-16(10-8-15)24-13-21-18(22)20-12-11-14-5-3-4-6-17(14)19/h3-10H,2,11-13H2,1H3,(H2,20,21,22). The van der Waals surface area contributed by atoms with E-state index in [2.05, 4.69) is 10.6 Å². The second-order valence-electron chi connectivity index (χ2n) is 4.97. The van der Waals surface area contributed by atoms with Gasteiger partial charge in [0, 0.05) is 11.6 Å². The minimum absolute atomic E-state index is 0.0892. The fourth-order valence-corrected chi connectivity index (χ4v) is 2.29. The molecule has 0 unspecified atom stereocenters. The summed E-state index contributed by atoms with van der Waals surface area (Å²) < 4.78 is 10.8. The first-order valence-electron chi connectivity index (χ1n) is 7.80. The third kappa shape index (κ3) is 6.01. The molecule has 0 heterocycles. The van der Waals surface area contributed by atoms with Gasteiger partial charge in [0.2, 0.25) is 0 Å². The molecule has 0 aliphatic rings. The molecule has 0 radical (unpaired) electrons. The second-order valence-corrected chi connectivity index (χ2v) is 5.37. The van der Waals surface area contributed by atoms with Gasteiger partial charge in [0.25, 0.3) is 0 Å². The summed E-state index contributed by atoms with van der Waals surface area (Å²) in [6.45, 7) is 3.14. The molecule has 0 spiro atoms. The second kappa shape index (κ2) is 9.67. The molecule has 0 bridgehead atoms. The van der Waals surface area contributed by atoms with Crippen LogP contribution in [0.1, 0.15) is 12.5 Å². The third-order valence-electron chi connectivity index (χ3n) is 3.24. The Bertz CT molecular complexity index is 647. The van der Waals surface area contributed by atoms with Crippen molar-refractivity contribution < 1.29 is 14.3 Å². The third-order valence-corrected chi connectivity index (χ3v) is 3.61. The van der Waals surface area contributed by atoms with Crippen molar-refractivity contribution in [1.29, 1.82) is 0 Å². The SMILES string of the molecule is CCOc1ccc(OCNC(=O)NCCc2ccccc2Cl)cc1. The minimum atomic E-state index is -0.284. The Morgan fingerprint density at radius 1 is 1.00 bits per heavy atom. The largest absolute Gasteiger partial charge is 0.494 e. The Morgan fingerprint density at radius 2 is 1.67 bits per heavy atom. The highest BCUT2D eigenvalue weighted by molar-refractivity contribution is 6.31. The highest BCUT2D eigenvalue weighted by Gasteiger charge is 2.02. The fourth-order valence-electron chi connectivity index (χ4n) is 2.06. The molecule has 0 saturated heterocycles. The average Bonchev–Trinajstić information content (AvgIpc) is 2.58. The molecule has 0 aliphatic carbocycles. The molecule has 0 aromatic heterocycles. The lowest BCUT2D eigenvalue weighted by atomic mass is 10.1. The Morgan fingerprint density at radius 3 is 2.33 bits per heavy atom. The summed E-state index contributed by atoms with van der Waals surface area (Å²) in [4.78, 5) is 11.7. The van der Waals surface area contributed by atoms with E-state index in [9.17, 15) is 4.79 Å². The van der Waals surface area contributed by atoms with Gasteiger partial charge in [0.05, 0.1) is 6.61 Å². The molecule has 6 heteroatoms. The zero-order valence-electron chi connectivity index (χ0n) is 13.5. The van der Waals surface area contributed by atoms with E-state index >= 15 is 0 Å². The molecule has 128 valence electrons. The molecule has 2 N–H and O–H groups in total. The molecule has 2 rings (SSSR count). The van der Waals surface area contributed by atoms with E-state index in [-0.39, 0.29) is 12.8 Å². The number of carbonyl (C=O) groups is 1. The van der Waals surface area contributed by atoms with Crippen LogP contribution in [0.25, 0.3) is 0 Å². The summed E-state index contributed by atoms with van der Waals surface area (Å²) in [7, 11) is 0. The van der Waals surface area contributed by atoms with E-state index in [0.717, 1.165) is 11.3 Å². The molecule has 24 heavy (non-hydrogen) atoms. The summed E-state index contributed by atoms with van der Waals surface area (Å²) in [6.07, 6.45) is 0.673. The Balaban J connectivity index is 1.63. The first kappa shape index (κ1) is 17.9. The van der Waals surface area contributed by atoms with Crippen LogP contribution in [0.5, 0.6) is 11.5 Å². The smallest absolute Gasteiger partial charge is 0.317 e. The summed E-state index contributed by atoms with van der Waals surface area (Å²) in [6, 6.07) is 14.5. The maximum Gasteiger partial charge on any atom is 0.317 e. The summed E-state index contributed by atoms with van der Waals surface area (Å²) >= 11 is 6.06. The maximum atomic E-state index is 11.7. The van der Waals surface area contributed by atoms with Crippen molar-refractivity contribution in [2.75, 3.05) is 19.9 Å². The van der Waals surface area contributed by atoms with Gasteiger partial charge in [0.15, 0.2) is 6.73 Å². The lowest BCUT2D eigenvalue weighted by Gasteiger charge is -2.10. The van der Waals surface area contributed by atoms with Crippen molar-refractivity contribution >= 4 is 17.6 Å². The molecule has 2 aromatic rings. The lowest BCUT2D eigenvalue weighted by molar-refractivity contribution is 0.224. The van der Waals surface area contributed by atoms with Crippen molar-refractivity contribution in [3.05, 3.63) is 59.1 Å². The normalized spacial score (nSPS) is 10.1. The number of benzene rings is 2. The molecule has 5 nitrogen and oxygen atoms in total. The van der Waals surface area contributed by atoms with Crippen LogP contribution in [0.4, 0.5) is 4.79 Å². The molecule has 0 fully saturated rings. The molecule has 2 amide bonds. The molecular formula is C18H21ClN2O3. The van der Waals surface area contributed by atoms with Crippen LogP contribution >= 0.6 is 11.6 Å². The van der Waals surface area contributed by atoms with Crippen molar-refractivity contribution in [2.45, 2.75) is 13.3 Å².